The fourth-order valence-electron chi connectivity index (χ4n) is 4.25. The molecule has 1 amide bonds. The number of ether oxygens (including phenoxy) is 1. The van der Waals surface area contributed by atoms with Gasteiger partial charge in [0.05, 0.1) is 5.69 Å². The van der Waals surface area contributed by atoms with Crippen LogP contribution in [0.15, 0.2) is 54.7 Å². The molecule has 0 saturated carbocycles. The van der Waals surface area contributed by atoms with Crippen LogP contribution in [-0.2, 0) is 29.4 Å². The number of carboxylic acid groups (broad SMARTS) is 1. The zero-order valence-corrected chi connectivity index (χ0v) is 17.5. The molecule has 7 nitrogen and oxygen atoms in total. The van der Waals surface area contributed by atoms with Gasteiger partial charge in [-0.2, -0.15) is 5.10 Å². The lowest BCUT2D eigenvalue weighted by molar-refractivity contribution is -0.139. The molecule has 2 aromatic carbocycles. The van der Waals surface area contributed by atoms with Crippen LogP contribution in [0.5, 0.6) is 0 Å². The molecule has 3 aromatic rings. The third-order valence-corrected chi connectivity index (χ3v) is 5.68. The van der Waals surface area contributed by atoms with E-state index in [2.05, 4.69) is 22.5 Å². The number of rotatable bonds is 7. The smallest absolute Gasteiger partial charge is 0.407 e. The molecule has 0 bridgehead atoms. The number of carbonyl (C=O) groups is 2. The van der Waals surface area contributed by atoms with Crippen molar-refractivity contribution in [2.24, 2.45) is 7.05 Å². The van der Waals surface area contributed by atoms with E-state index in [1.807, 2.05) is 43.3 Å². The van der Waals surface area contributed by atoms with Gasteiger partial charge in [-0.15, -0.1) is 0 Å². The summed E-state index contributed by atoms with van der Waals surface area (Å²) in [4.78, 5) is 24.2. The second kappa shape index (κ2) is 8.63. The summed E-state index contributed by atoms with van der Waals surface area (Å²) in [5.74, 6) is -1.19. The Morgan fingerprint density at radius 2 is 1.74 bits per heavy atom. The Bertz CT molecular complexity index is 1080. The van der Waals surface area contributed by atoms with Crippen LogP contribution in [0.2, 0.25) is 0 Å². The van der Waals surface area contributed by atoms with Crippen LogP contribution >= 0.6 is 0 Å². The Kier molecular flexibility index (Phi) is 5.75. The lowest BCUT2D eigenvalue weighted by Crippen LogP contribution is -2.43. The van der Waals surface area contributed by atoms with Gasteiger partial charge in [-0.25, -0.2) is 9.59 Å². The standard InChI is InChI=1S/C24H25N3O4/c1-3-21-15(13-27(2)26-21)12-22(23(28)29)25-24(30)31-14-20-18-10-6-4-8-16(18)17-9-5-7-11-19(17)20/h4-11,13,20,22H,3,12,14H2,1-2H3,(H,25,30)(H,28,29). The molecule has 1 aliphatic rings. The van der Waals surface area contributed by atoms with Crippen LogP contribution in [0, 0.1) is 0 Å². The summed E-state index contributed by atoms with van der Waals surface area (Å²) in [6.07, 6.45) is 1.88. The van der Waals surface area contributed by atoms with E-state index >= 15 is 0 Å². The number of fused-ring (bicyclic) bond motifs is 3. The molecule has 1 unspecified atom stereocenters. The van der Waals surface area contributed by atoms with E-state index in [9.17, 15) is 14.7 Å². The average Bonchev–Trinajstić information content (AvgIpc) is 3.28. The van der Waals surface area contributed by atoms with Gasteiger partial charge >= 0.3 is 12.1 Å². The van der Waals surface area contributed by atoms with Crippen LogP contribution in [0.3, 0.4) is 0 Å². The van der Waals surface area contributed by atoms with Crippen LogP contribution in [0.25, 0.3) is 11.1 Å². The molecule has 0 radical (unpaired) electrons. The Morgan fingerprint density at radius 3 is 2.32 bits per heavy atom. The molecule has 1 atom stereocenters. The predicted octanol–water partition coefficient (Wildman–Crippen LogP) is 3.52. The molecule has 160 valence electrons. The highest BCUT2D eigenvalue weighted by molar-refractivity contribution is 5.81. The van der Waals surface area contributed by atoms with Crippen molar-refractivity contribution in [1.29, 1.82) is 0 Å². The highest BCUT2D eigenvalue weighted by Gasteiger charge is 2.30. The minimum Gasteiger partial charge on any atom is -0.480 e. The minimum atomic E-state index is -1.11. The Hall–Kier alpha value is -3.61. The number of aromatic nitrogens is 2. The van der Waals surface area contributed by atoms with Gasteiger partial charge in [0, 0.05) is 25.6 Å². The van der Waals surface area contributed by atoms with E-state index in [1.54, 1.807) is 17.9 Å². The second-order valence-electron chi connectivity index (χ2n) is 7.69. The van der Waals surface area contributed by atoms with Gasteiger partial charge in [0.2, 0.25) is 0 Å². The topological polar surface area (TPSA) is 93.5 Å². The quantitative estimate of drug-likeness (QED) is 0.611. The number of hydrogen-bond acceptors (Lipinski definition) is 4. The Balaban J connectivity index is 1.44. The van der Waals surface area contributed by atoms with Crippen molar-refractivity contribution in [2.45, 2.75) is 31.7 Å². The van der Waals surface area contributed by atoms with Crippen molar-refractivity contribution < 1.29 is 19.4 Å². The normalized spacial score (nSPS) is 13.4. The molecule has 1 aliphatic carbocycles. The Labute approximate surface area is 180 Å². The molecule has 1 aromatic heterocycles. The minimum absolute atomic E-state index is 0.0774. The summed E-state index contributed by atoms with van der Waals surface area (Å²) in [6.45, 7) is 2.10. The maximum Gasteiger partial charge on any atom is 0.407 e. The van der Waals surface area contributed by atoms with Crippen molar-refractivity contribution >= 4 is 12.1 Å². The maximum absolute atomic E-state index is 12.5. The zero-order chi connectivity index (χ0) is 22.0. The SMILES string of the molecule is CCc1nn(C)cc1CC(NC(=O)OCC1c2ccccc2-c2ccccc21)C(=O)O. The van der Waals surface area contributed by atoms with Gasteiger partial charge < -0.3 is 15.2 Å². The number of aliphatic carboxylic acids is 1. The number of aryl methyl sites for hydroxylation is 2. The lowest BCUT2D eigenvalue weighted by Gasteiger charge is -2.17. The first-order valence-electron chi connectivity index (χ1n) is 10.3. The molecule has 31 heavy (non-hydrogen) atoms. The van der Waals surface area contributed by atoms with Crippen LogP contribution in [0.1, 0.15) is 35.2 Å². The van der Waals surface area contributed by atoms with Gasteiger partial charge in [-0.1, -0.05) is 55.5 Å². The van der Waals surface area contributed by atoms with Gasteiger partial charge in [0.1, 0.15) is 12.6 Å². The van der Waals surface area contributed by atoms with Crippen molar-refractivity contribution in [3.8, 4) is 11.1 Å². The summed E-state index contributed by atoms with van der Waals surface area (Å²) in [5, 5.41) is 16.4. The third-order valence-electron chi connectivity index (χ3n) is 5.68. The van der Waals surface area contributed by atoms with E-state index in [4.69, 9.17) is 4.74 Å². The fourth-order valence-corrected chi connectivity index (χ4v) is 4.25. The van der Waals surface area contributed by atoms with E-state index in [0.717, 1.165) is 33.5 Å². The number of alkyl carbamates (subject to hydrolysis) is 1. The van der Waals surface area contributed by atoms with Gasteiger partial charge in [-0.3, -0.25) is 4.68 Å². The Morgan fingerprint density at radius 1 is 1.13 bits per heavy atom. The number of carbonyl (C=O) groups excluding carboxylic acids is 1. The number of amides is 1. The monoisotopic (exact) mass is 419 g/mol. The van der Waals surface area contributed by atoms with Crippen LogP contribution in [0.4, 0.5) is 4.79 Å². The molecular weight excluding hydrogens is 394 g/mol. The van der Waals surface area contributed by atoms with Gasteiger partial charge in [-0.05, 0) is 34.2 Å². The lowest BCUT2D eigenvalue weighted by atomic mass is 9.98. The molecule has 0 spiro atoms. The molecular formula is C24H25N3O4. The van der Waals surface area contributed by atoms with Crippen molar-refractivity contribution in [3.05, 3.63) is 77.1 Å². The highest BCUT2D eigenvalue weighted by Crippen LogP contribution is 2.44. The van der Waals surface area contributed by atoms with Gasteiger partial charge in [0.15, 0.2) is 0 Å². The predicted molar refractivity (Wildman–Crippen MR) is 116 cm³/mol. The molecule has 0 aliphatic heterocycles. The van der Waals surface area contributed by atoms with Crippen LogP contribution in [-0.4, -0.2) is 39.6 Å². The van der Waals surface area contributed by atoms with Crippen molar-refractivity contribution in [3.63, 3.8) is 0 Å². The molecule has 7 heteroatoms. The average molecular weight is 419 g/mol. The van der Waals surface area contributed by atoms with Crippen molar-refractivity contribution in [1.82, 2.24) is 15.1 Å². The molecule has 2 N–H and O–H groups in total. The maximum atomic E-state index is 12.5. The van der Waals surface area contributed by atoms with E-state index < -0.39 is 18.1 Å². The molecule has 1 heterocycles. The summed E-state index contributed by atoms with van der Waals surface area (Å²) in [7, 11) is 1.79. The van der Waals surface area contributed by atoms with E-state index in [-0.39, 0.29) is 18.9 Å². The summed E-state index contributed by atoms with van der Waals surface area (Å²) in [5.41, 5.74) is 6.11. The second-order valence-corrected chi connectivity index (χ2v) is 7.69. The van der Waals surface area contributed by atoms with E-state index in [1.165, 1.54) is 0 Å². The number of carboxylic acids is 1. The third kappa shape index (κ3) is 4.17. The summed E-state index contributed by atoms with van der Waals surface area (Å²) < 4.78 is 7.14. The largest absolute Gasteiger partial charge is 0.480 e. The van der Waals surface area contributed by atoms with Crippen LogP contribution < -0.4 is 5.32 Å². The molecule has 0 saturated heterocycles. The highest BCUT2D eigenvalue weighted by atomic mass is 16.5. The molecule has 4 rings (SSSR count). The first-order chi connectivity index (χ1) is 15.0. The first kappa shape index (κ1) is 20.7. The fraction of sp³-hybridized carbons (Fsp3) is 0.292. The molecule has 0 fully saturated rings. The zero-order valence-electron chi connectivity index (χ0n) is 17.5. The van der Waals surface area contributed by atoms with Gasteiger partial charge in [0.25, 0.3) is 0 Å². The summed E-state index contributed by atoms with van der Waals surface area (Å²) in [6, 6.07) is 15.0. The number of benzene rings is 2. The van der Waals surface area contributed by atoms with E-state index in [0.29, 0.717) is 6.42 Å². The number of nitrogens with zero attached hydrogens (tertiary/aromatic N) is 2. The number of nitrogens with one attached hydrogen (secondary N) is 1. The van der Waals surface area contributed by atoms with Crippen molar-refractivity contribution in [2.75, 3.05) is 6.61 Å². The summed E-state index contributed by atoms with van der Waals surface area (Å²) >= 11 is 0. The first-order valence-corrected chi connectivity index (χ1v) is 10.3. The number of hydrogen-bond donors (Lipinski definition) is 2.